The van der Waals surface area contributed by atoms with Crippen molar-refractivity contribution in [2.24, 2.45) is 0 Å². The Morgan fingerprint density at radius 2 is 1.84 bits per heavy atom. The largest absolute Gasteiger partial charge is 0.493 e. The summed E-state index contributed by atoms with van der Waals surface area (Å²) in [4.78, 5) is 13.8. The van der Waals surface area contributed by atoms with Gasteiger partial charge < -0.3 is 23.6 Å². The third-order valence-corrected chi connectivity index (χ3v) is 5.69. The van der Waals surface area contributed by atoms with E-state index in [9.17, 15) is 17.6 Å². The third-order valence-electron chi connectivity index (χ3n) is 4.45. The van der Waals surface area contributed by atoms with Crippen molar-refractivity contribution in [1.29, 1.82) is 0 Å². The monoisotopic (exact) mass is 462 g/mol. The Hall–Kier alpha value is -3.53. The quantitative estimate of drug-likeness (QED) is 0.484. The smallest absolute Gasteiger partial charge is 0.339 e. The van der Waals surface area contributed by atoms with Gasteiger partial charge in [0.25, 0.3) is 0 Å². The van der Waals surface area contributed by atoms with E-state index < -0.39 is 15.9 Å². The summed E-state index contributed by atoms with van der Waals surface area (Å²) in [7, 11) is -2.85. The van der Waals surface area contributed by atoms with Gasteiger partial charge in [0.05, 0.1) is 19.9 Å². The van der Waals surface area contributed by atoms with Crippen molar-refractivity contribution in [3.05, 3.63) is 78.0 Å². The fraction of sp³-hybridized carbons (Fsp3) is 0.227. The molecule has 2 amide bonds. The molecule has 10 heteroatoms. The highest BCUT2D eigenvalue weighted by molar-refractivity contribution is 7.87. The zero-order valence-corrected chi connectivity index (χ0v) is 18.4. The molecule has 0 aliphatic rings. The zero-order chi connectivity index (χ0) is 23.1. The van der Waals surface area contributed by atoms with Crippen LogP contribution in [0.5, 0.6) is 11.5 Å². The van der Waals surface area contributed by atoms with Crippen molar-refractivity contribution in [3.8, 4) is 11.5 Å². The van der Waals surface area contributed by atoms with E-state index in [0.29, 0.717) is 17.9 Å². The predicted octanol–water partition coefficient (Wildman–Crippen LogP) is 3.93. The molecule has 0 aliphatic heterocycles. The zero-order valence-electron chi connectivity index (χ0n) is 17.6. The summed E-state index contributed by atoms with van der Waals surface area (Å²) in [6.45, 7) is 2.63. The molecule has 0 aliphatic carbocycles. The SMILES string of the molecule is CCNC(=O)N(Cc1ccc(OC)c(OS(=O)(=O)c2ccc(F)cc2)c1)Cc1ccco1. The normalized spacial score (nSPS) is 11.1. The van der Waals surface area contributed by atoms with Crippen LogP contribution in [0.15, 0.2) is 70.2 Å². The summed E-state index contributed by atoms with van der Waals surface area (Å²) in [6, 6.07) is 12.2. The topological polar surface area (TPSA) is 98.1 Å². The number of rotatable bonds is 9. The van der Waals surface area contributed by atoms with Gasteiger partial charge in [-0.1, -0.05) is 6.07 Å². The lowest BCUT2D eigenvalue weighted by atomic mass is 10.2. The fourth-order valence-corrected chi connectivity index (χ4v) is 3.86. The molecule has 0 unspecified atom stereocenters. The van der Waals surface area contributed by atoms with Crippen LogP contribution in [0.25, 0.3) is 0 Å². The molecular weight excluding hydrogens is 439 g/mol. The van der Waals surface area contributed by atoms with E-state index in [1.165, 1.54) is 24.3 Å². The van der Waals surface area contributed by atoms with Gasteiger partial charge in [0.1, 0.15) is 16.5 Å². The minimum atomic E-state index is -4.23. The molecule has 0 bridgehead atoms. The van der Waals surface area contributed by atoms with Crippen molar-refractivity contribution in [2.45, 2.75) is 24.9 Å². The van der Waals surface area contributed by atoms with Crippen LogP contribution in [0.3, 0.4) is 0 Å². The van der Waals surface area contributed by atoms with Gasteiger partial charge in [-0.05, 0) is 61.0 Å². The number of hydrogen-bond acceptors (Lipinski definition) is 6. The highest BCUT2D eigenvalue weighted by Gasteiger charge is 2.21. The number of urea groups is 1. The molecule has 1 heterocycles. The van der Waals surface area contributed by atoms with Gasteiger partial charge in [0, 0.05) is 13.1 Å². The van der Waals surface area contributed by atoms with Crippen LogP contribution < -0.4 is 14.2 Å². The second-order valence-electron chi connectivity index (χ2n) is 6.75. The molecule has 1 N–H and O–H groups in total. The molecule has 0 atom stereocenters. The van der Waals surface area contributed by atoms with Gasteiger partial charge in [0.15, 0.2) is 11.5 Å². The fourth-order valence-electron chi connectivity index (χ4n) is 2.93. The summed E-state index contributed by atoms with van der Waals surface area (Å²) in [6.07, 6.45) is 1.52. The molecule has 2 aromatic carbocycles. The molecule has 8 nitrogen and oxygen atoms in total. The lowest BCUT2D eigenvalue weighted by Crippen LogP contribution is -2.38. The van der Waals surface area contributed by atoms with E-state index >= 15 is 0 Å². The first-order valence-electron chi connectivity index (χ1n) is 9.74. The van der Waals surface area contributed by atoms with Crippen LogP contribution in [0.4, 0.5) is 9.18 Å². The Kier molecular flexibility index (Phi) is 7.37. The number of halogens is 1. The van der Waals surface area contributed by atoms with E-state index in [1.54, 1.807) is 24.3 Å². The maximum Gasteiger partial charge on any atom is 0.339 e. The summed E-state index contributed by atoms with van der Waals surface area (Å²) in [5.74, 6) is 0.170. The first-order valence-corrected chi connectivity index (χ1v) is 11.2. The number of ether oxygens (including phenoxy) is 1. The molecule has 0 fully saturated rings. The number of amides is 2. The number of methoxy groups -OCH3 is 1. The van der Waals surface area contributed by atoms with E-state index in [4.69, 9.17) is 13.3 Å². The van der Waals surface area contributed by atoms with Crippen molar-refractivity contribution >= 4 is 16.1 Å². The number of benzene rings is 2. The molecule has 1 aromatic heterocycles. The maximum absolute atomic E-state index is 13.2. The Morgan fingerprint density at radius 1 is 1.09 bits per heavy atom. The van der Waals surface area contributed by atoms with E-state index in [2.05, 4.69) is 5.32 Å². The van der Waals surface area contributed by atoms with Gasteiger partial charge in [-0.3, -0.25) is 0 Å². The van der Waals surface area contributed by atoms with Gasteiger partial charge in [-0.15, -0.1) is 0 Å². The highest BCUT2D eigenvalue weighted by Crippen LogP contribution is 2.31. The van der Waals surface area contributed by atoms with Gasteiger partial charge in [0.2, 0.25) is 0 Å². The number of furan rings is 1. The Bertz CT molecular complexity index is 1150. The number of carbonyl (C=O) groups excluding carboxylic acids is 1. The van der Waals surface area contributed by atoms with Crippen LogP contribution in [-0.4, -0.2) is 33.0 Å². The molecular formula is C22H23FN2O6S. The molecule has 170 valence electrons. The van der Waals surface area contributed by atoms with Crippen molar-refractivity contribution in [1.82, 2.24) is 10.2 Å². The van der Waals surface area contributed by atoms with Crippen molar-refractivity contribution < 1.29 is 30.9 Å². The lowest BCUT2D eigenvalue weighted by Gasteiger charge is -2.22. The average molecular weight is 462 g/mol. The lowest BCUT2D eigenvalue weighted by molar-refractivity contribution is 0.188. The van der Waals surface area contributed by atoms with Crippen LogP contribution >= 0.6 is 0 Å². The molecule has 0 radical (unpaired) electrons. The van der Waals surface area contributed by atoms with E-state index in [0.717, 1.165) is 24.3 Å². The van der Waals surface area contributed by atoms with Gasteiger partial charge in [-0.25, -0.2) is 9.18 Å². The number of nitrogens with zero attached hydrogens (tertiary/aromatic N) is 1. The molecule has 3 aromatic rings. The highest BCUT2D eigenvalue weighted by atomic mass is 32.2. The number of nitrogens with one attached hydrogen (secondary N) is 1. The Morgan fingerprint density at radius 3 is 2.47 bits per heavy atom. The molecule has 0 saturated heterocycles. The number of hydrogen-bond donors (Lipinski definition) is 1. The van der Waals surface area contributed by atoms with E-state index in [-0.39, 0.29) is 35.5 Å². The minimum absolute atomic E-state index is 0.0526. The first kappa shape index (κ1) is 23.1. The molecule has 0 saturated carbocycles. The maximum atomic E-state index is 13.2. The summed E-state index contributed by atoms with van der Waals surface area (Å²) in [5, 5.41) is 2.74. The van der Waals surface area contributed by atoms with E-state index in [1.807, 2.05) is 6.92 Å². The Labute approximate surface area is 185 Å². The third kappa shape index (κ3) is 5.79. The second kappa shape index (κ2) is 10.2. The summed E-state index contributed by atoms with van der Waals surface area (Å²) in [5.41, 5.74) is 0.605. The van der Waals surface area contributed by atoms with Crippen LogP contribution in [0, 0.1) is 5.82 Å². The van der Waals surface area contributed by atoms with Crippen LogP contribution in [0.1, 0.15) is 18.2 Å². The first-order chi connectivity index (χ1) is 15.3. The summed E-state index contributed by atoms with van der Waals surface area (Å²) < 4.78 is 54.2. The van der Waals surface area contributed by atoms with Crippen molar-refractivity contribution in [3.63, 3.8) is 0 Å². The van der Waals surface area contributed by atoms with Crippen LogP contribution in [-0.2, 0) is 23.2 Å². The van der Waals surface area contributed by atoms with Crippen molar-refractivity contribution in [2.75, 3.05) is 13.7 Å². The minimum Gasteiger partial charge on any atom is -0.493 e. The van der Waals surface area contributed by atoms with Crippen LogP contribution in [0.2, 0.25) is 0 Å². The standard InChI is InChI=1S/C22H23FN2O6S/c1-3-24-22(26)25(15-18-5-4-12-30-18)14-16-6-11-20(29-2)21(13-16)31-32(27,28)19-9-7-17(23)8-10-19/h4-13H,3,14-15H2,1-2H3,(H,24,26). The Balaban J connectivity index is 1.86. The van der Waals surface area contributed by atoms with Gasteiger partial charge >= 0.3 is 16.1 Å². The predicted molar refractivity (Wildman–Crippen MR) is 114 cm³/mol. The van der Waals surface area contributed by atoms with Gasteiger partial charge in [-0.2, -0.15) is 8.42 Å². The average Bonchev–Trinajstić information content (AvgIpc) is 3.27. The molecule has 32 heavy (non-hydrogen) atoms. The number of carbonyl (C=O) groups is 1. The second-order valence-corrected chi connectivity index (χ2v) is 8.29. The molecule has 3 rings (SSSR count). The molecule has 0 spiro atoms. The summed E-state index contributed by atoms with van der Waals surface area (Å²) >= 11 is 0.